The summed E-state index contributed by atoms with van der Waals surface area (Å²) < 4.78 is 9.21. The maximum Gasteiger partial charge on any atom is 0.332 e. The molecule has 9 heavy (non-hydrogen) atoms. The van der Waals surface area contributed by atoms with Crippen LogP contribution in [0, 0.1) is 6.61 Å². The Kier molecular flexibility index (Phi) is 5.21. The smallest absolute Gasteiger partial charge is 0.332 e. The van der Waals surface area contributed by atoms with Crippen molar-refractivity contribution in [2.24, 2.45) is 0 Å². The van der Waals surface area contributed by atoms with E-state index in [4.69, 9.17) is 4.74 Å². The van der Waals surface area contributed by atoms with Crippen LogP contribution in [0.1, 0.15) is 13.8 Å². The summed E-state index contributed by atoms with van der Waals surface area (Å²) in [5.74, 6) is -0.348. The highest BCUT2D eigenvalue weighted by molar-refractivity contribution is 5.70. The first kappa shape index (κ1) is 8.43. The normalized spacial score (nSPS) is 9.11. The summed E-state index contributed by atoms with van der Waals surface area (Å²) in [6.07, 6.45) is 0. The molecule has 0 aliphatic carbocycles. The summed E-state index contributed by atoms with van der Waals surface area (Å²) in [5.41, 5.74) is 0. The second kappa shape index (κ2) is 5.56. The summed E-state index contributed by atoms with van der Waals surface area (Å²) in [6.45, 7) is 5.38. The van der Waals surface area contributed by atoms with E-state index in [1.807, 2.05) is 6.92 Å². The summed E-state index contributed by atoms with van der Waals surface area (Å²) in [6, 6.07) is 0. The lowest BCUT2D eigenvalue weighted by Gasteiger charge is -1.98. The molecular weight excluding hydrogens is 120 g/mol. The van der Waals surface area contributed by atoms with Gasteiger partial charge in [-0.2, -0.15) is 0 Å². The highest BCUT2D eigenvalue weighted by Gasteiger charge is 1.98. The van der Waals surface area contributed by atoms with Gasteiger partial charge < -0.3 is 9.47 Å². The van der Waals surface area contributed by atoms with Crippen LogP contribution >= 0.6 is 0 Å². The Morgan fingerprint density at radius 3 is 2.78 bits per heavy atom. The third kappa shape index (κ3) is 5.30. The molecule has 3 nitrogen and oxygen atoms in total. The van der Waals surface area contributed by atoms with E-state index in [-0.39, 0.29) is 12.6 Å². The van der Waals surface area contributed by atoms with E-state index >= 15 is 0 Å². The molecule has 0 N–H and O–H groups in total. The summed E-state index contributed by atoms with van der Waals surface area (Å²) >= 11 is 0. The second-order valence-corrected chi connectivity index (χ2v) is 1.36. The average molecular weight is 131 g/mol. The van der Waals surface area contributed by atoms with Gasteiger partial charge in [0.05, 0.1) is 0 Å². The van der Waals surface area contributed by atoms with Gasteiger partial charge in [-0.15, -0.1) is 0 Å². The van der Waals surface area contributed by atoms with Crippen LogP contribution in [0.25, 0.3) is 0 Å². The van der Waals surface area contributed by atoms with Gasteiger partial charge in [-0.05, 0) is 13.8 Å². The summed E-state index contributed by atoms with van der Waals surface area (Å²) in [7, 11) is 0. The van der Waals surface area contributed by atoms with Gasteiger partial charge in [-0.3, -0.25) is 0 Å². The van der Waals surface area contributed by atoms with Crippen LogP contribution in [0.5, 0.6) is 0 Å². The second-order valence-electron chi connectivity index (χ2n) is 1.36. The van der Waals surface area contributed by atoms with Crippen molar-refractivity contribution in [3.05, 3.63) is 6.61 Å². The van der Waals surface area contributed by atoms with E-state index in [0.717, 1.165) is 0 Å². The monoisotopic (exact) mass is 131 g/mol. The zero-order valence-corrected chi connectivity index (χ0v) is 5.72. The number of hydrogen-bond donors (Lipinski definition) is 0. The quantitative estimate of drug-likeness (QED) is 0.528. The largest absolute Gasteiger partial charge is 0.457 e. The molecule has 0 spiro atoms. The van der Waals surface area contributed by atoms with Gasteiger partial charge in [-0.1, -0.05) is 0 Å². The molecule has 0 heterocycles. The van der Waals surface area contributed by atoms with E-state index in [9.17, 15) is 4.79 Å². The first-order valence-electron chi connectivity index (χ1n) is 2.86. The van der Waals surface area contributed by atoms with Crippen LogP contribution in [0.3, 0.4) is 0 Å². The van der Waals surface area contributed by atoms with Crippen LogP contribution in [0.15, 0.2) is 0 Å². The van der Waals surface area contributed by atoms with Crippen LogP contribution in [0.2, 0.25) is 0 Å². The summed E-state index contributed by atoms with van der Waals surface area (Å²) in [4.78, 5) is 10.4. The number of rotatable bonds is 4. The fourth-order valence-corrected chi connectivity index (χ4v) is 0.351. The molecule has 0 aliphatic heterocycles. The average Bonchev–Trinajstić information content (AvgIpc) is 1.85. The Morgan fingerprint density at radius 1 is 1.67 bits per heavy atom. The van der Waals surface area contributed by atoms with E-state index in [1.165, 1.54) is 6.61 Å². The molecule has 53 valence electrons. The molecule has 0 saturated carbocycles. The minimum Gasteiger partial charge on any atom is -0.457 e. The molecule has 3 heteroatoms. The lowest BCUT2D eigenvalue weighted by atomic mass is 10.7. The van der Waals surface area contributed by atoms with Crippen LogP contribution in [0.4, 0.5) is 0 Å². The minimum absolute atomic E-state index is 0.0425. The third-order valence-electron chi connectivity index (χ3n) is 0.673. The van der Waals surface area contributed by atoms with Crippen molar-refractivity contribution in [3.8, 4) is 0 Å². The molecule has 0 aromatic heterocycles. The molecule has 0 aromatic rings. The molecule has 0 atom stereocenters. The topological polar surface area (TPSA) is 35.5 Å². The van der Waals surface area contributed by atoms with Crippen molar-refractivity contribution in [1.29, 1.82) is 0 Å². The van der Waals surface area contributed by atoms with E-state index < -0.39 is 0 Å². The fraction of sp³-hybridized carbons (Fsp3) is 0.667. The van der Waals surface area contributed by atoms with E-state index in [1.54, 1.807) is 6.92 Å². The Morgan fingerprint density at radius 2 is 2.33 bits per heavy atom. The highest BCUT2D eigenvalue weighted by Crippen LogP contribution is 1.82. The molecule has 0 rings (SSSR count). The van der Waals surface area contributed by atoms with Gasteiger partial charge in [0.25, 0.3) is 0 Å². The zero-order chi connectivity index (χ0) is 7.11. The molecule has 0 bridgehead atoms. The van der Waals surface area contributed by atoms with Gasteiger partial charge in [0, 0.05) is 6.61 Å². The number of ether oxygens (including phenoxy) is 2. The molecule has 0 amide bonds. The van der Waals surface area contributed by atoms with Gasteiger partial charge in [0.2, 0.25) is 0 Å². The van der Waals surface area contributed by atoms with Crippen LogP contribution in [-0.4, -0.2) is 19.2 Å². The van der Waals surface area contributed by atoms with E-state index in [2.05, 4.69) is 4.74 Å². The van der Waals surface area contributed by atoms with Crippen LogP contribution in [-0.2, 0) is 14.3 Å². The molecule has 1 radical (unpaired) electrons. The molecule has 0 fully saturated rings. The number of carbonyl (C=O) groups excluding carboxylic acids is 1. The lowest BCUT2D eigenvalue weighted by Crippen LogP contribution is -2.10. The molecule has 0 saturated heterocycles. The Balaban J connectivity index is 3.06. The van der Waals surface area contributed by atoms with Crippen molar-refractivity contribution >= 4 is 5.97 Å². The molecular formula is C6H11O3. The van der Waals surface area contributed by atoms with Crippen molar-refractivity contribution in [2.75, 3.05) is 13.2 Å². The summed E-state index contributed by atoms with van der Waals surface area (Å²) in [5, 5.41) is 0. The van der Waals surface area contributed by atoms with E-state index in [0.29, 0.717) is 6.61 Å². The fourth-order valence-electron chi connectivity index (χ4n) is 0.351. The van der Waals surface area contributed by atoms with Crippen LogP contribution < -0.4 is 0 Å². The Hall–Kier alpha value is -0.570. The minimum atomic E-state index is -0.348. The van der Waals surface area contributed by atoms with Crippen molar-refractivity contribution < 1.29 is 14.3 Å². The lowest BCUT2D eigenvalue weighted by molar-refractivity contribution is -0.145. The maximum atomic E-state index is 10.4. The standard InChI is InChI=1S/C6H11O3/c1-3-8-5-6(7)9-4-2/h4H,3,5H2,1-2H3. The van der Waals surface area contributed by atoms with Gasteiger partial charge in [-0.25, -0.2) is 4.79 Å². The number of carbonyl (C=O) groups is 1. The van der Waals surface area contributed by atoms with Gasteiger partial charge in [0.1, 0.15) is 13.2 Å². The van der Waals surface area contributed by atoms with Crippen molar-refractivity contribution in [3.63, 3.8) is 0 Å². The number of esters is 1. The zero-order valence-electron chi connectivity index (χ0n) is 5.72. The molecule has 0 unspecified atom stereocenters. The Labute approximate surface area is 55.0 Å². The Bertz CT molecular complexity index is 80.4. The van der Waals surface area contributed by atoms with Crippen molar-refractivity contribution in [1.82, 2.24) is 0 Å². The predicted octanol–water partition coefficient (Wildman–Crippen LogP) is 0.748. The first-order valence-corrected chi connectivity index (χ1v) is 2.86. The molecule has 0 aliphatic rings. The number of hydrogen-bond acceptors (Lipinski definition) is 3. The van der Waals surface area contributed by atoms with Gasteiger partial charge in [0.15, 0.2) is 0 Å². The predicted molar refractivity (Wildman–Crippen MR) is 32.6 cm³/mol. The SMILES string of the molecule is C[CH]OC(=O)COCC. The third-order valence-corrected chi connectivity index (χ3v) is 0.673. The highest BCUT2D eigenvalue weighted by atomic mass is 16.6. The van der Waals surface area contributed by atoms with Gasteiger partial charge >= 0.3 is 5.97 Å². The molecule has 0 aromatic carbocycles. The first-order chi connectivity index (χ1) is 4.31. The van der Waals surface area contributed by atoms with Crippen molar-refractivity contribution in [2.45, 2.75) is 13.8 Å². The maximum absolute atomic E-state index is 10.4.